The fourth-order valence-corrected chi connectivity index (χ4v) is 1.80. The molecule has 0 radical (unpaired) electrons. The number of hydrogen-bond acceptors (Lipinski definition) is 4. The molecule has 1 aromatic rings. The van der Waals surface area contributed by atoms with Crippen LogP contribution in [0.2, 0.25) is 0 Å². The molecule has 0 unspecified atom stereocenters. The lowest BCUT2D eigenvalue weighted by atomic mass is 10.1. The molecule has 0 aliphatic rings. The molecule has 0 aromatic heterocycles. The number of nitrogens with one attached hydrogen (secondary N) is 1. The van der Waals surface area contributed by atoms with Crippen molar-refractivity contribution in [2.24, 2.45) is 0 Å². The van der Waals surface area contributed by atoms with E-state index >= 15 is 0 Å². The third kappa shape index (κ3) is 4.46. The van der Waals surface area contributed by atoms with Gasteiger partial charge in [-0.2, -0.15) is 0 Å². The minimum absolute atomic E-state index is 0.0809. The second kappa shape index (κ2) is 7.37. The molecule has 0 fully saturated rings. The Bertz CT molecular complexity index is 489. The van der Waals surface area contributed by atoms with Gasteiger partial charge >= 0.3 is 5.97 Å². The Kier molecular flexibility index (Phi) is 5.83. The zero-order chi connectivity index (χ0) is 15.1. The normalized spacial score (nSPS) is 10.1. The molecule has 0 heterocycles. The van der Waals surface area contributed by atoms with Gasteiger partial charge in [0.1, 0.15) is 0 Å². The van der Waals surface area contributed by atoms with E-state index in [4.69, 9.17) is 10.8 Å². The van der Waals surface area contributed by atoms with Crippen molar-refractivity contribution in [3.8, 4) is 0 Å². The first-order valence-corrected chi connectivity index (χ1v) is 6.56. The van der Waals surface area contributed by atoms with Crippen LogP contribution in [0.1, 0.15) is 30.1 Å². The summed E-state index contributed by atoms with van der Waals surface area (Å²) in [5.74, 6) is -1.11. The molecule has 1 aromatic carbocycles. The SMILES string of the molecule is CCCCNC(=O)CN(C)c1ccc(C(=O)O)cc1N. The van der Waals surface area contributed by atoms with E-state index in [0.29, 0.717) is 17.9 Å². The number of nitrogens with zero attached hydrogens (tertiary/aromatic N) is 1. The number of carboxylic acid groups (broad SMARTS) is 1. The molecule has 0 saturated heterocycles. The van der Waals surface area contributed by atoms with E-state index in [9.17, 15) is 9.59 Å². The average Bonchev–Trinajstić information content (AvgIpc) is 2.38. The summed E-state index contributed by atoms with van der Waals surface area (Å²) in [6, 6.07) is 4.47. The van der Waals surface area contributed by atoms with E-state index in [1.165, 1.54) is 12.1 Å². The number of carboxylic acids is 1. The number of hydrogen-bond donors (Lipinski definition) is 3. The third-order valence-electron chi connectivity index (χ3n) is 2.92. The molecular weight excluding hydrogens is 258 g/mol. The van der Waals surface area contributed by atoms with Gasteiger partial charge in [0.25, 0.3) is 0 Å². The number of unbranched alkanes of at least 4 members (excludes halogenated alkanes) is 1. The summed E-state index contributed by atoms with van der Waals surface area (Å²) in [6.07, 6.45) is 1.98. The van der Waals surface area contributed by atoms with Crippen LogP contribution in [-0.4, -0.2) is 37.1 Å². The van der Waals surface area contributed by atoms with Gasteiger partial charge in [0.05, 0.1) is 23.5 Å². The largest absolute Gasteiger partial charge is 0.478 e. The lowest BCUT2D eigenvalue weighted by molar-refractivity contribution is -0.119. The highest BCUT2D eigenvalue weighted by molar-refractivity contribution is 5.91. The number of nitrogens with two attached hydrogens (primary N) is 1. The number of rotatable bonds is 7. The van der Waals surface area contributed by atoms with Crippen molar-refractivity contribution in [1.82, 2.24) is 5.32 Å². The second-order valence-corrected chi connectivity index (χ2v) is 4.64. The van der Waals surface area contributed by atoms with Crippen molar-refractivity contribution in [2.45, 2.75) is 19.8 Å². The molecule has 0 aliphatic carbocycles. The summed E-state index contributed by atoms with van der Waals surface area (Å²) in [6.45, 7) is 2.90. The average molecular weight is 279 g/mol. The molecule has 6 heteroatoms. The molecule has 1 rings (SSSR count). The number of likely N-dealkylation sites (N-methyl/N-ethyl adjacent to an activating group) is 1. The van der Waals surface area contributed by atoms with E-state index in [-0.39, 0.29) is 18.0 Å². The van der Waals surface area contributed by atoms with Gasteiger partial charge in [-0.05, 0) is 24.6 Å². The van der Waals surface area contributed by atoms with Crippen LogP contribution in [-0.2, 0) is 4.79 Å². The molecule has 0 spiro atoms. The van der Waals surface area contributed by atoms with Crippen molar-refractivity contribution in [1.29, 1.82) is 0 Å². The van der Waals surface area contributed by atoms with Crippen molar-refractivity contribution in [2.75, 3.05) is 30.8 Å². The summed E-state index contributed by atoms with van der Waals surface area (Å²) < 4.78 is 0. The highest BCUT2D eigenvalue weighted by Gasteiger charge is 2.12. The van der Waals surface area contributed by atoms with Crippen molar-refractivity contribution in [3.05, 3.63) is 23.8 Å². The molecule has 0 bridgehead atoms. The predicted octanol–water partition coefficient (Wildman–Crippen LogP) is 1.32. The van der Waals surface area contributed by atoms with E-state index in [1.54, 1.807) is 18.0 Å². The lowest BCUT2D eigenvalue weighted by Gasteiger charge is -2.20. The number of benzene rings is 1. The first kappa shape index (κ1) is 15.8. The number of carbonyl (C=O) groups excluding carboxylic acids is 1. The van der Waals surface area contributed by atoms with Gasteiger partial charge in [-0.25, -0.2) is 4.79 Å². The third-order valence-corrected chi connectivity index (χ3v) is 2.92. The van der Waals surface area contributed by atoms with Crippen molar-refractivity contribution < 1.29 is 14.7 Å². The molecular formula is C14H21N3O3. The minimum Gasteiger partial charge on any atom is -0.478 e. The van der Waals surface area contributed by atoms with Gasteiger partial charge in [-0.15, -0.1) is 0 Å². The van der Waals surface area contributed by atoms with Crippen LogP contribution < -0.4 is 16.0 Å². The van der Waals surface area contributed by atoms with E-state index in [1.807, 2.05) is 0 Å². The number of carbonyl (C=O) groups is 2. The van der Waals surface area contributed by atoms with Gasteiger partial charge in [0.15, 0.2) is 0 Å². The number of anilines is 2. The van der Waals surface area contributed by atoms with Crippen LogP contribution in [0.15, 0.2) is 18.2 Å². The quantitative estimate of drug-likeness (QED) is 0.517. The smallest absolute Gasteiger partial charge is 0.335 e. The topological polar surface area (TPSA) is 95.7 Å². The molecule has 0 saturated carbocycles. The molecule has 110 valence electrons. The zero-order valence-electron chi connectivity index (χ0n) is 11.8. The van der Waals surface area contributed by atoms with E-state index < -0.39 is 5.97 Å². The maximum absolute atomic E-state index is 11.7. The first-order valence-electron chi connectivity index (χ1n) is 6.56. The van der Waals surface area contributed by atoms with E-state index in [0.717, 1.165) is 12.8 Å². The molecule has 0 atom stereocenters. The van der Waals surface area contributed by atoms with Crippen LogP contribution in [0.25, 0.3) is 0 Å². The van der Waals surface area contributed by atoms with Crippen molar-refractivity contribution in [3.63, 3.8) is 0 Å². The Morgan fingerprint density at radius 2 is 2.10 bits per heavy atom. The molecule has 4 N–H and O–H groups in total. The van der Waals surface area contributed by atoms with Gasteiger partial charge < -0.3 is 21.1 Å². The van der Waals surface area contributed by atoms with Crippen molar-refractivity contribution >= 4 is 23.3 Å². The highest BCUT2D eigenvalue weighted by Crippen LogP contribution is 2.23. The Morgan fingerprint density at radius 3 is 2.65 bits per heavy atom. The Labute approximate surface area is 118 Å². The molecule has 1 amide bonds. The Balaban J connectivity index is 2.65. The fraction of sp³-hybridized carbons (Fsp3) is 0.429. The summed E-state index contributed by atoms with van der Waals surface area (Å²) in [4.78, 5) is 24.2. The van der Waals surface area contributed by atoms with Gasteiger partial charge in [0, 0.05) is 13.6 Å². The summed E-state index contributed by atoms with van der Waals surface area (Å²) in [5, 5.41) is 11.7. The number of nitrogen functional groups attached to an aromatic ring is 1. The summed E-state index contributed by atoms with van der Waals surface area (Å²) >= 11 is 0. The standard InChI is InChI=1S/C14H21N3O3/c1-3-4-7-16-13(18)9-17(2)12-6-5-10(14(19)20)8-11(12)15/h5-6,8H,3-4,7,9,15H2,1-2H3,(H,16,18)(H,19,20). The van der Waals surface area contributed by atoms with Gasteiger partial charge in [0.2, 0.25) is 5.91 Å². The van der Waals surface area contributed by atoms with E-state index in [2.05, 4.69) is 12.2 Å². The second-order valence-electron chi connectivity index (χ2n) is 4.64. The maximum Gasteiger partial charge on any atom is 0.335 e. The van der Waals surface area contributed by atoms with Crippen LogP contribution in [0.4, 0.5) is 11.4 Å². The maximum atomic E-state index is 11.7. The monoisotopic (exact) mass is 279 g/mol. The number of aromatic carboxylic acids is 1. The molecule has 0 aliphatic heterocycles. The van der Waals surface area contributed by atoms with Gasteiger partial charge in [-0.3, -0.25) is 4.79 Å². The first-order chi connectivity index (χ1) is 9.45. The Hall–Kier alpha value is -2.24. The fourth-order valence-electron chi connectivity index (χ4n) is 1.80. The van der Waals surface area contributed by atoms with Crippen LogP contribution in [0.5, 0.6) is 0 Å². The summed E-state index contributed by atoms with van der Waals surface area (Å²) in [5.41, 5.74) is 6.93. The predicted molar refractivity (Wildman–Crippen MR) is 79.0 cm³/mol. The molecule has 20 heavy (non-hydrogen) atoms. The lowest BCUT2D eigenvalue weighted by Crippen LogP contribution is -2.35. The van der Waals surface area contributed by atoms with Crippen LogP contribution in [0, 0.1) is 0 Å². The molecule has 6 nitrogen and oxygen atoms in total. The summed E-state index contributed by atoms with van der Waals surface area (Å²) in [7, 11) is 1.74. The van der Waals surface area contributed by atoms with Crippen LogP contribution in [0.3, 0.4) is 0 Å². The number of amides is 1. The van der Waals surface area contributed by atoms with Crippen LogP contribution >= 0.6 is 0 Å². The highest BCUT2D eigenvalue weighted by atomic mass is 16.4. The Morgan fingerprint density at radius 1 is 1.40 bits per heavy atom. The van der Waals surface area contributed by atoms with Gasteiger partial charge in [-0.1, -0.05) is 13.3 Å². The minimum atomic E-state index is -1.02. The zero-order valence-corrected chi connectivity index (χ0v) is 11.8.